The van der Waals surface area contributed by atoms with E-state index in [0.717, 1.165) is 0 Å². The monoisotopic (exact) mass is 376 g/mol. The highest BCUT2D eigenvalue weighted by Crippen LogP contribution is 2.29. The number of hydrogen-bond donors (Lipinski definition) is 0. The van der Waals surface area contributed by atoms with Crippen LogP contribution in [0.15, 0.2) is 46.9 Å². The Morgan fingerprint density at radius 2 is 1.35 bits per heavy atom. The zero-order valence-corrected chi connectivity index (χ0v) is 14.0. The molecule has 0 spiro atoms. The summed E-state index contributed by atoms with van der Waals surface area (Å²) in [5.41, 5.74) is 0.673. The Bertz CT molecular complexity index is 768. The van der Waals surface area contributed by atoms with E-state index in [1.54, 1.807) is 30.3 Å². The Hall–Kier alpha value is -2.47. The van der Waals surface area contributed by atoms with Crippen molar-refractivity contribution >= 4 is 33.7 Å². The van der Waals surface area contributed by atoms with Gasteiger partial charge in [0.15, 0.2) is 5.78 Å². The van der Waals surface area contributed by atoms with Crippen LogP contribution < -0.4 is 0 Å². The van der Waals surface area contributed by atoms with Crippen LogP contribution in [0.5, 0.6) is 0 Å². The normalized spacial score (nSPS) is 10.0. The molecular weight excluding hydrogens is 364 g/mol. The van der Waals surface area contributed by atoms with Crippen molar-refractivity contribution in [2.45, 2.75) is 0 Å². The smallest absolute Gasteiger partial charge is 0.339 e. The summed E-state index contributed by atoms with van der Waals surface area (Å²) in [6.45, 7) is 0. The van der Waals surface area contributed by atoms with Crippen molar-refractivity contribution in [2.75, 3.05) is 14.2 Å². The van der Waals surface area contributed by atoms with Gasteiger partial charge in [0.25, 0.3) is 0 Å². The number of rotatable bonds is 4. The highest BCUT2D eigenvalue weighted by molar-refractivity contribution is 9.10. The predicted octanol–water partition coefficient (Wildman–Crippen LogP) is 3.25. The Labute approximate surface area is 141 Å². The Kier molecular flexibility index (Phi) is 5.28. The molecule has 0 N–H and O–H groups in total. The van der Waals surface area contributed by atoms with Gasteiger partial charge in [-0.15, -0.1) is 0 Å². The summed E-state index contributed by atoms with van der Waals surface area (Å²) in [5.74, 6) is -1.68. The first kappa shape index (κ1) is 16.9. The highest BCUT2D eigenvalue weighted by Gasteiger charge is 2.26. The number of ketones is 1. The minimum Gasteiger partial charge on any atom is -0.465 e. The second kappa shape index (κ2) is 7.19. The quantitative estimate of drug-likeness (QED) is 0.604. The molecule has 6 heteroatoms. The minimum absolute atomic E-state index is 0.0611. The maximum Gasteiger partial charge on any atom is 0.339 e. The van der Waals surface area contributed by atoms with Crippen LogP contribution in [0.3, 0.4) is 0 Å². The van der Waals surface area contributed by atoms with Crippen molar-refractivity contribution in [1.29, 1.82) is 0 Å². The van der Waals surface area contributed by atoms with Crippen molar-refractivity contribution in [3.05, 3.63) is 69.2 Å². The fraction of sp³-hybridized carbons (Fsp3) is 0.118. The zero-order chi connectivity index (χ0) is 17.0. The van der Waals surface area contributed by atoms with Gasteiger partial charge in [0.05, 0.1) is 30.9 Å². The minimum atomic E-state index is -0.665. The summed E-state index contributed by atoms with van der Waals surface area (Å²) in [6, 6.07) is 11.2. The van der Waals surface area contributed by atoms with Gasteiger partial charge in [-0.3, -0.25) is 4.79 Å². The van der Waals surface area contributed by atoms with Gasteiger partial charge >= 0.3 is 11.9 Å². The lowest BCUT2D eigenvalue weighted by Gasteiger charge is -2.12. The third-order valence-electron chi connectivity index (χ3n) is 3.22. The molecule has 0 atom stereocenters. The number of hydrogen-bond acceptors (Lipinski definition) is 5. The van der Waals surface area contributed by atoms with Gasteiger partial charge in [-0.1, -0.05) is 30.3 Å². The average Bonchev–Trinajstić information content (AvgIpc) is 2.60. The standard InChI is InChI=1S/C17H13BrO5/c1-22-16(20)11-8-9-12(17(21)23-2)14(18)13(11)15(19)10-6-4-3-5-7-10/h3-9H,1-2H3. The molecule has 23 heavy (non-hydrogen) atoms. The summed E-state index contributed by atoms with van der Waals surface area (Å²) < 4.78 is 9.60. The molecule has 0 fully saturated rings. The molecule has 2 aromatic carbocycles. The second-order valence-corrected chi connectivity index (χ2v) is 5.32. The molecule has 0 bridgehead atoms. The van der Waals surface area contributed by atoms with Crippen LogP contribution in [0.4, 0.5) is 0 Å². The molecule has 0 amide bonds. The summed E-state index contributed by atoms with van der Waals surface area (Å²) in [5, 5.41) is 0. The summed E-state index contributed by atoms with van der Waals surface area (Å²) in [4.78, 5) is 36.6. The molecule has 118 valence electrons. The molecule has 0 unspecified atom stereocenters. The van der Waals surface area contributed by atoms with Gasteiger partial charge in [0.1, 0.15) is 0 Å². The molecule has 0 aliphatic carbocycles. The SMILES string of the molecule is COC(=O)c1ccc(C(=O)OC)c(C(=O)c2ccccc2)c1Br. The maximum atomic E-state index is 12.8. The predicted molar refractivity (Wildman–Crippen MR) is 86.7 cm³/mol. The number of benzene rings is 2. The molecule has 0 saturated heterocycles. The number of ether oxygens (including phenoxy) is 2. The average molecular weight is 377 g/mol. The Balaban J connectivity index is 2.69. The summed E-state index contributed by atoms with van der Waals surface area (Å²) >= 11 is 3.24. The van der Waals surface area contributed by atoms with Crippen LogP contribution in [-0.4, -0.2) is 31.9 Å². The van der Waals surface area contributed by atoms with Crippen LogP contribution >= 0.6 is 15.9 Å². The lowest BCUT2D eigenvalue weighted by atomic mass is 9.96. The lowest BCUT2D eigenvalue weighted by molar-refractivity contribution is 0.0584. The highest BCUT2D eigenvalue weighted by atomic mass is 79.9. The number of halogens is 1. The molecule has 0 aliphatic rings. The van der Waals surface area contributed by atoms with Gasteiger partial charge in [0.2, 0.25) is 0 Å². The Morgan fingerprint density at radius 1 is 0.826 bits per heavy atom. The number of carbonyl (C=O) groups excluding carboxylic acids is 3. The third-order valence-corrected chi connectivity index (χ3v) is 4.04. The van der Waals surface area contributed by atoms with Crippen LogP contribution in [0.2, 0.25) is 0 Å². The maximum absolute atomic E-state index is 12.8. The first-order valence-corrected chi connectivity index (χ1v) is 7.39. The van der Waals surface area contributed by atoms with Crippen molar-refractivity contribution in [3.8, 4) is 0 Å². The molecule has 0 radical (unpaired) electrons. The summed E-state index contributed by atoms with van der Waals surface area (Å²) in [6.07, 6.45) is 0. The van der Waals surface area contributed by atoms with Gasteiger partial charge in [0, 0.05) is 10.0 Å². The van der Waals surface area contributed by atoms with E-state index in [-0.39, 0.29) is 21.2 Å². The molecule has 0 aliphatic heterocycles. The van der Waals surface area contributed by atoms with Crippen molar-refractivity contribution in [2.24, 2.45) is 0 Å². The van der Waals surface area contributed by atoms with Gasteiger partial charge in [-0.25, -0.2) is 9.59 Å². The van der Waals surface area contributed by atoms with E-state index in [0.29, 0.717) is 5.56 Å². The number of esters is 2. The van der Waals surface area contributed by atoms with Gasteiger partial charge in [-0.2, -0.15) is 0 Å². The first-order valence-electron chi connectivity index (χ1n) is 6.60. The van der Waals surface area contributed by atoms with E-state index in [4.69, 9.17) is 4.74 Å². The molecule has 0 heterocycles. The fourth-order valence-corrected chi connectivity index (χ4v) is 2.77. The van der Waals surface area contributed by atoms with E-state index in [9.17, 15) is 14.4 Å². The van der Waals surface area contributed by atoms with Crippen LogP contribution in [0, 0.1) is 0 Å². The molecule has 2 aromatic rings. The van der Waals surface area contributed by atoms with Gasteiger partial charge in [-0.05, 0) is 28.1 Å². The van der Waals surface area contributed by atoms with Crippen LogP contribution in [0.25, 0.3) is 0 Å². The molecular formula is C17H13BrO5. The summed E-state index contributed by atoms with van der Waals surface area (Å²) in [7, 11) is 2.46. The van der Waals surface area contributed by atoms with E-state index < -0.39 is 17.7 Å². The first-order chi connectivity index (χ1) is 11.0. The number of carbonyl (C=O) groups is 3. The van der Waals surface area contributed by atoms with E-state index in [1.807, 2.05) is 0 Å². The largest absolute Gasteiger partial charge is 0.465 e. The topological polar surface area (TPSA) is 69.7 Å². The third kappa shape index (κ3) is 3.32. The van der Waals surface area contributed by atoms with Crippen LogP contribution in [0.1, 0.15) is 36.6 Å². The molecule has 0 aromatic heterocycles. The molecule has 2 rings (SSSR count). The number of methoxy groups -OCH3 is 2. The van der Waals surface area contributed by atoms with E-state index in [2.05, 4.69) is 20.7 Å². The van der Waals surface area contributed by atoms with Crippen molar-refractivity contribution in [1.82, 2.24) is 0 Å². The second-order valence-electron chi connectivity index (χ2n) is 4.53. The lowest BCUT2D eigenvalue weighted by Crippen LogP contribution is -2.15. The molecule has 0 saturated carbocycles. The van der Waals surface area contributed by atoms with Crippen LogP contribution in [-0.2, 0) is 9.47 Å². The fourth-order valence-electron chi connectivity index (χ4n) is 2.08. The van der Waals surface area contributed by atoms with Crippen molar-refractivity contribution in [3.63, 3.8) is 0 Å². The zero-order valence-electron chi connectivity index (χ0n) is 12.5. The van der Waals surface area contributed by atoms with Crippen molar-refractivity contribution < 1.29 is 23.9 Å². The van der Waals surface area contributed by atoms with Gasteiger partial charge < -0.3 is 9.47 Å². The van der Waals surface area contributed by atoms with E-state index in [1.165, 1.54) is 26.4 Å². The van der Waals surface area contributed by atoms with E-state index >= 15 is 0 Å². The Morgan fingerprint density at radius 3 is 1.91 bits per heavy atom. The molecule has 5 nitrogen and oxygen atoms in total.